The van der Waals surface area contributed by atoms with E-state index in [1.807, 2.05) is 0 Å². The van der Waals surface area contributed by atoms with Crippen molar-refractivity contribution in [3.63, 3.8) is 0 Å². The highest BCUT2D eigenvalue weighted by Crippen LogP contribution is 2.33. The Balaban J connectivity index is 1.84. The second kappa shape index (κ2) is 7.67. The van der Waals surface area contributed by atoms with Gasteiger partial charge in [0.05, 0.1) is 5.71 Å². The predicted octanol–water partition coefficient (Wildman–Crippen LogP) is 4.27. The fourth-order valence-corrected chi connectivity index (χ4v) is 3.55. The summed E-state index contributed by atoms with van der Waals surface area (Å²) in [5.41, 5.74) is 7.15. The zero-order valence-corrected chi connectivity index (χ0v) is 15.8. The van der Waals surface area contributed by atoms with Crippen molar-refractivity contribution in [3.05, 3.63) is 108 Å². The Morgan fingerprint density at radius 2 is 1.48 bits per heavy atom. The lowest BCUT2D eigenvalue weighted by Crippen LogP contribution is -2.27. The molecule has 132 valence electrons. The average molecular weight is 350 g/mol. The first-order chi connectivity index (χ1) is 13.3. The zero-order chi connectivity index (χ0) is 18.6. The highest BCUT2D eigenvalue weighted by Gasteiger charge is 2.24. The van der Waals surface area contributed by atoms with Crippen molar-refractivity contribution in [3.8, 4) is 0 Å². The van der Waals surface area contributed by atoms with Crippen molar-refractivity contribution in [2.45, 2.75) is 13.0 Å². The smallest absolute Gasteiger partial charge is 0.154 e. The van der Waals surface area contributed by atoms with Crippen molar-refractivity contribution < 1.29 is 0 Å². The predicted molar refractivity (Wildman–Crippen MR) is 117 cm³/mol. The van der Waals surface area contributed by atoms with Crippen LogP contribution in [0.3, 0.4) is 0 Å². The van der Waals surface area contributed by atoms with E-state index >= 15 is 0 Å². The van der Waals surface area contributed by atoms with Gasteiger partial charge in [0.15, 0.2) is 7.28 Å². The molecule has 1 aliphatic heterocycles. The third-order valence-corrected chi connectivity index (χ3v) is 5.08. The summed E-state index contributed by atoms with van der Waals surface area (Å²) in [4.78, 5) is 7.38. The Labute approximate surface area is 162 Å². The van der Waals surface area contributed by atoms with E-state index < -0.39 is 0 Å². The maximum absolute atomic E-state index is 5.12. The van der Waals surface area contributed by atoms with Gasteiger partial charge >= 0.3 is 0 Å². The maximum atomic E-state index is 5.12. The summed E-state index contributed by atoms with van der Waals surface area (Å²) in [5, 5.41) is 0. The third kappa shape index (κ3) is 3.59. The molecule has 3 heteroatoms. The van der Waals surface area contributed by atoms with Crippen LogP contribution < -0.4 is 5.46 Å². The highest BCUT2D eigenvalue weighted by molar-refractivity contribution is 6.52. The topological polar surface area (TPSA) is 15.6 Å². The molecule has 0 N–H and O–H groups in total. The van der Waals surface area contributed by atoms with Gasteiger partial charge in [-0.1, -0.05) is 97.2 Å². The molecule has 1 unspecified atom stereocenters. The second-order valence-corrected chi connectivity index (χ2v) is 6.86. The number of rotatable bonds is 4. The number of hydrogen-bond donors (Lipinski definition) is 0. The first kappa shape index (κ1) is 17.4. The van der Waals surface area contributed by atoms with Crippen molar-refractivity contribution in [1.29, 1.82) is 0 Å². The van der Waals surface area contributed by atoms with Gasteiger partial charge in [-0.05, 0) is 22.8 Å². The van der Waals surface area contributed by atoms with Crippen LogP contribution in [0.2, 0.25) is 6.82 Å². The van der Waals surface area contributed by atoms with Crippen molar-refractivity contribution in [2.24, 2.45) is 4.99 Å². The molecule has 1 atom stereocenters. The van der Waals surface area contributed by atoms with Crippen LogP contribution in [0.4, 0.5) is 0 Å². The molecule has 0 radical (unpaired) electrons. The summed E-state index contributed by atoms with van der Waals surface area (Å²) in [6.45, 7) is 2.19. The minimum Gasteiger partial charge on any atom is -0.349 e. The molecule has 1 heterocycles. The molecule has 0 spiro atoms. The number of nitrogens with zero attached hydrogens (tertiary/aromatic N) is 2. The average Bonchev–Trinajstić information content (AvgIpc) is 2.75. The minimum absolute atomic E-state index is 0.0355. The zero-order valence-electron chi connectivity index (χ0n) is 15.8. The SMILES string of the molecule is CBc1cccc(C2=NC(c3ccccc3)N(C)C(c3ccccc3)=C2)c1. The van der Waals surface area contributed by atoms with Gasteiger partial charge in [-0.25, -0.2) is 0 Å². The van der Waals surface area contributed by atoms with Gasteiger partial charge in [-0.3, -0.25) is 4.99 Å². The highest BCUT2D eigenvalue weighted by atomic mass is 15.2. The van der Waals surface area contributed by atoms with E-state index in [4.69, 9.17) is 4.99 Å². The molecule has 0 saturated carbocycles. The van der Waals surface area contributed by atoms with E-state index in [1.165, 1.54) is 27.9 Å². The molecule has 0 amide bonds. The van der Waals surface area contributed by atoms with Gasteiger partial charge in [-0.2, -0.15) is 0 Å². The molecule has 0 saturated heterocycles. The number of benzene rings is 3. The Morgan fingerprint density at radius 1 is 0.815 bits per heavy atom. The van der Waals surface area contributed by atoms with Crippen molar-refractivity contribution in [1.82, 2.24) is 4.90 Å². The van der Waals surface area contributed by atoms with Crippen LogP contribution in [0.25, 0.3) is 5.70 Å². The summed E-state index contributed by atoms with van der Waals surface area (Å²) in [6, 6.07) is 29.8. The normalized spacial score (nSPS) is 16.5. The molecule has 0 aromatic heterocycles. The lowest BCUT2D eigenvalue weighted by Gasteiger charge is -2.34. The second-order valence-electron chi connectivity index (χ2n) is 6.86. The van der Waals surface area contributed by atoms with Crippen LogP contribution >= 0.6 is 0 Å². The number of allylic oxidation sites excluding steroid dienone is 1. The molecule has 2 nitrogen and oxygen atoms in total. The Hall–Kier alpha value is -3.07. The largest absolute Gasteiger partial charge is 0.349 e. The molecule has 0 fully saturated rings. The Morgan fingerprint density at radius 3 is 2.19 bits per heavy atom. The van der Waals surface area contributed by atoms with E-state index in [0.29, 0.717) is 0 Å². The lowest BCUT2D eigenvalue weighted by atomic mass is 9.73. The van der Waals surface area contributed by atoms with E-state index in [9.17, 15) is 0 Å². The molecular weight excluding hydrogens is 327 g/mol. The number of hydrogen-bond acceptors (Lipinski definition) is 2. The first-order valence-electron chi connectivity index (χ1n) is 9.48. The first-order valence-corrected chi connectivity index (χ1v) is 9.48. The standard InChI is InChI=1S/C24H23BN2/c1-25-21-15-9-14-20(16-21)22-17-23(18-10-5-3-6-11-18)27(2)24(26-22)19-12-7-4-8-13-19/h3-17,24-25H,1-2H3. The molecule has 3 aromatic rings. The molecule has 1 aliphatic rings. The molecule has 27 heavy (non-hydrogen) atoms. The quantitative estimate of drug-likeness (QED) is 0.642. The van der Waals surface area contributed by atoms with Crippen LogP contribution in [0.15, 0.2) is 96.0 Å². The summed E-state index contributed by atoms with van der Waals surface area (Å²) in [5.74, 6) is 0. The number of aliphatic imine (C=N–C) groups is 1. The lowest BCUT2D eigenvalue weighted by molar-refractivity contribution is 0.364. The summed E-state index contributed by atoms with van der Waals surface area (Å²) in [7, 11) is 3.15. The van der Waals surface area contributed by atoms with Crippen LogP contribution in [-0.2, 0) is 0 Å². The fourth-order valence-electron chi connectivity index (χ4n) is 3.55. The third-order valence-electron chi connectivity index (χ3n) is 5.08. The van der Waals surface area contributed by atoms with Crippen molar-refractivity contribution in [2.75, 3.05) is 7.05 Å². The van der Waals surface area contributed by atoms with Gasteiger partial charge < -0.3 is 4.90 Å². The Kier molecular flexibility index (Phi) is 4.93. The van der Waals surface area contributed by atoms with E-state index in [0.717, 1.165) is 13.0 Å². The van der Waals surface area contributed by atoms with E-state index in [1.54, 1.807) is 0 Å². The molecular formula is C24H23BN2. The molecule has 4 rings (SSSR count). The maximum Gasteiger partial charge on any atom is 0.154 e. The Bertz CT molecular complexity index is 978. The van der Waals surface area contributed by atoms with E-state index in [-0.39, 0.29) is 6.17 Å². The van der Waals surface area contributed by atoms with Gasteiger partial charge in [0.2, 0.25) is 0 Å². The molecule has 3 aromatic carbocycles. The van der Waals surface area contributed by atoms with Crippen LogP contribution in [0.1, 0.15) is 22.9 Å². The van der Waals surface area contributed by atoms with Gasteiger partial charge in [0, 0.05) is 12.7 Å². The van der Waals surface area contributed by atoms with Crippen LogP contribution in [0.5, 0.6) is 0 Å². The molecule has 0 bridgehead atoms. The summed E-state index contributed by atoms with van der Waals surface area (Å²) >= 11 is 0. The minimum atomic E-state index is -0.0355. The van der Waals surface area contributed by atoms with Crippen LogP contribution in [0, 0.1) is 0 Å². The van der Waals surface area contributed by atoms with Gasteiger partial charge in [0.25, 0.3) is 0 Å². The fraction of sp³-hybridized carbons (Fsp3) is 0.125. The monoisotopic (exact) mass is 350 g/mol. The van der Waals surface area contributed by atoms with E-state index in [2.05, 4.69) is 110 Å². The van der Waals surface area contributed by atoms with Crippen LogP contribution in [-0.4, -0.2) is 24.9 Å². The summed E-state index contributed by atoms with van der Waals surface area (Å²) < 4.78 is 0. The van der Waals surface area contributed by atoms with Gasteiger partial charge in [-0.15, -0.1) is 0 Å². The summed E-state index contributed by atoms with van der Waals surface area (Å²) in [6.07, 6.45) is 2.18. The molecule has 0 aliphatic carbocycles. The van der Waals surface area contributed by atoms with Gasteiger partial charge in [0.1, 0.15) is 6.17 Å². The van der Waals surface area contributed by atoms with Crippen molar-refractivity contribution >= 4 is 24.2 Å².